The molecule has 0 fully saturated rings. The Balaban J connectivity index is 1.67. The van der Waals surface area contributed by atoms with Crippen molar-refractivity contribution < 1.29 is 4.74 Å². The average molecular weight is 359 g/mol. The zero-order chi connectivity index (χ0) is 18.4. The number of nitrogens with one attached hydrogen (secondary N) is 2. The highest BCUT2D eigenvalue weighted by Gasteiger charge is 2.28. The number of nitrogens with two attached hydrogens (primary N) is 1. The molecular formula is C19H17N7O. The molecule has 0 saturated carbocycles. The van der Waals surface area contributed by atoms with Crippen LogP contribution in [-0.4, -0.2) is 32.8 Å². The topological polar surface area (TPSA) is 106 Å². The van der Waals surface area contributed by atoms with Crippen LogP contribution in [0, 0.1) is 0 Å². The number of rotatable bonds is 3. The zero-order valence-electron chi connectivity index (χ0n) is 14.5. The SMILES string of the molecule is COc1ccc(-c2[nH]ncc2[C@@H]2N=C(N)Nc3nc4ccccc4n32)cc1. The number of para-hydroxylation sites is 2. The minimum Gasteiger partial charge on any atom is -0.497 e. The third-order valence-corrected chi connectivity index (χ3v) is 4.67. The van der Waals surface area contributed by atoms with E-state index < -0.39 is 0 Å². The van der Waals surface area contributed by atoms with Crippen molar-refractivity contribution in [1.82, 2.24) is 19.7 Å². The van der Waals surface area contributed by atoms with E-state index in [9.17, 15) is 0 Å². The van der Waals surface area contributed by atoms with Gasteiger partial charge in [-0.3, -0.25) is 15.0 Å². The van der Waals surface area contributed by atoms with Gasteiger partial charge in [0.2, 0.25) is 5.95 Å². The first-order valence-corrected chi connectivity index (χ1v) is 8.49. The van der Waals surface area contributed by atoms with Gasteiger partial charge in [0, 0.05) is 11.1 Å². The van der Waals surface area contributed by atoms with Crippen LogP contribution in [0.1, 0.15) is 11.7 Å². The van der Waals surface area contributed by atoms with Crippen LogP contribution in [0.5, 0.6) is 5.75 Å². The minimum absolute atomic E-state index is 0.324. The first-order chi connectivity index (χ1) is 13.2. The van der Waals surface area contributed by atoms with Gasteiger partial charge < -0.3 is 10.5 Å². The van der Waals surface area contributed by atoms with Crippen molar-refractivity contribution in [1.29, 1.82) is 0 Å². The van der Waals surface area contributed by atoms with Gasteiger partial charge in [0.15, 0.2) is 12.1 Å². The van der Waals surface area contributed by atoms with Crippen molar-refractivity contribution in [3.63, 3.8) is 0 Å². The van der Waals surface area contributed by atoms with E-state index in [4.69, 9.17) is 10.5 Å². The summed E-state index contributed by atoms with van der Waals surface area (Å²) in [5, 5.41) is 10.4. The molecule has 4 N–H and O–H groups in total. The third kappa shape index (κ3) is 2.42. The van der Waals surface area contributed by atoms with Crippen LogP contribution in [0.15, 0.2) is 59.7 Å². The lowest BCUT2D eigenvalue weighted by Gasteiger charge is -2.23. The molecule has 8 nitrogen and oxygen atoms in total. The Morgan fingerprint density at radius 2 is 1.93 bits per heavy atom. The summed E-state index contributed by atoms with van der Waals surface area (Å²) in [7, 11) is 1.65. The fraction of sp³-hybridized carbons (Fsp3) is 0.105. The summed E-state index contributed by atoms with van der Waals surface area (Å²) in [6.07, 6.45) is 1.41. The lowest BCUT2D eigenvalue weighted by Crippen LogP contribution is -2.31. The van der Waals surface area contributed by atoms with E-state index in [-0.39, 0.29) is 6.17 Å². The number of H-pyrrole nitrogens is 1. The number of nitrogens with zero attached hydrogens (tertiary/aromatic N) is 4. The highest BCUT2D eigenvalue weighted by Crippen LogP contribution is 2.36. The predicted molar refractivity (Wildman–Crippen MR) is 104 cm³/mol. The molecule has 2 aromatic heterocycles. The number of imidazole rings is 1. The molecule has 0 aliphatic carbocycles. The number of hydrogen-bond acceptors (Lipinski definition) is 6. The molecule has 0 spiro atoms. The number of methoxy groups -OCH3 is 1. The molecule has 0 amide bonds. The number of fused-ring (bicyclic) bond motifs is 3. The van der Waals surface area contributed by atoms with Crippen LogP contribution < -0.4 is 15.8 Å². The number of benzene rings is 2. The van der Waals surface area contributed by atoms with E-state index in [2.05, 4.69) is 25.5 Å². The molecule has 1 atom stereocenters. The molecule has 8 heteroatoms. The molecule has 1 aliphatic heterocycles. The fourth-order valence-corrected chi connectivity index (χ4v) is 3.41. The maximum absolute atomic E-state index is 6.03. The first kappa shape index (κ1) is 15.4. The lowest BCUT2D eigenvalue weighted by molar-refractivity contribution is 0.415. The summed E-state index contributed by atoms with van der Waals surface area (Å²) in [6.45, 7) is 0. The summed E-state index contributed by atoms with van der Waals surface area (Å²) < 4.78 is 7.28. The van der Waals surface area contributed by atoms with Crippen LogP contribution >= 0.6 is 0 Å². The van der Waals surface area contributed by atoms with Crippen LogP contribution in [-0.2, 0) is 0 Å². The highest BCUT2D eigenvalue weighted by atomic mass is 16.5. The van der Waals surface area contributed by atoms with E-state index in [0.717, 1.165) is 33.6 Å². The Kier molecular flexibility index (Phi) is 3.36. The number of aliphatic imine (C=N–C) groups is 1. The summed E-state index contributed by atoms with van der Waals surface area (Å²) in [5.41, 5.74) is 10.7. The molecule has 0 bridgehead atoms. The second kappa shape index (κ2) is 5.87. The second-order valence-electron chi connectivity index (χ2n) is 6.24. The molecule has 27 heavy (non-hydrogen) atoms. The first-order valence-electron chi connectivity index (χ1n) is 8.49. The Morgan fingerprint density at radius 3 is 2.74 bits per heavy atom. The van der Waals surface area contributed by atoms with Crippen molar-refractivity contribution in [2.24, 2.45) is 10.7 Å². The van der Waals surface area contributed by atoms with Gasteiger partial charge in [-0.1, -0.05) is 12.1 Å². The van der Waals surface area contributed by atoms with Crippen molar-refractivity contribution in [3.05, 3.63) is 60.3 Å². The summed E-state index contributed by atoms with van der Waals surface area (Å²) in [5.74, 6) is 1.78. The van der Waals surface area contributed by atoms with Gasteiger partial charge in [-0.05, 0) is 36.4 Å². The van der Waals surface area contributed by atoms with E-state index in [0.29, 0.717) is 11.9 Å². The standard InChI is InChI=1S/C19H17N7O/c1-27-12-8-6-11(7-9-12)16-13(10-21-25-16)17-23-18(20)24-19-22-14-4-2-3-5-15(14)26(17)19/h2-10,17H,1H3,(H,21,25)(H3,20,22,23,24)/t17-/m1/s1. The van der Waals surface area contributed by atoms with Crippen molar-refractivity contribution in [2.75, 3.05) is 12.4 Å². The predicted octanol–water partition coefficient (Wildman–Crippen LogP) is 2.72. The Morgan fingerprint density at radius 1 is 1.11 bits per heavy atom. The minimum atomic E-state index is -0.371. The van der Waals surface area contributed by atoms with Gasteiger partial charge in [0.1, 0.15) is 5.75 Å². The molecule has 134 valence electrons. The van der Waals surface area contributed by atoms with Crippen LogP contribution in [0.25, 0.3) is 22.3 Å². The Bertz CT molecular complexity index is 1160. The Hall–Kier alpha value is -3.81. The normalized spacial score (nSPS) is 15.9. The summed E-state index contributed by atoms with van der Waals surface area (Å²) in [4.78, 5) is 9.26. The molecule has 3 heterocycles. The van der Waals surface area contributed by atoms with E-state index in [1.807, 2.05) is 53.1 Å². The third-order valence-electron chi connectivity index (χ3n) is 4.67. The van der Waals surface area contributed by atoms with Gasteiger partial charge in [-0.2, -0.15) is 5.10 Å². The number of anilines is 1. The van der Waals surface area contributed by atoms with Gasteiger partial charge in [0.25, 0.3) is 0 Å². The van der Waals surface area contributed by atoms with Gasteiger partial charge in [-0.15, -0.1) is 0 Å². The van der Waals surface area contributed by atoms with E-state index in [1.54, 1.807) is 13.3 Å². The summed E-state index contributed by atoms with van der Waals surface area (Å²) in [6, 6.07) is 15.7. The van der Waals surface area contributed by atoms with Crippen molar-refractivity contribution in [2.45, 2.75) is 6.17 Å². The molecule has 5 rings (SSSR count). The molecule has 0 unspecified atom stereocenters. The second-order valence-corrected chi connectivity index (χ2v) is 6.24. The maximum Gasteiger partial charge on any atom is 0.212 e. The van der Waals surface area contributed by atoms with Crippen molar-refractivity contribution >= 4 is 22.9 Å². The maximum atomic E-state index is 6.03. The largest absolute Gasteiger partial charge is 0.497 e. The average Bonchev–Trinajstić information content (AvgIpc) is 3.32. The smallest absolute Gasteiger partial charge is 0.212 e. The Labute approximate surface area is 154 Å². The van der Waals surface area contributed by atoms with E-state index in [1.165, 1.54) is 0 Å². The highest BCUT2D eigenvalue weighted by molar-refractivity contribution is 5.95. The van der Waals surface area contributed by atoms with Gasteiger partial charge in [-0.25, -0.2) is 9.98 Å². The number of hydrogen-bond donors (Lipinski definition) is 3. The zero-order valence-corrected chi connectivity index (χ0v) is 14.5. The molecule has 0 radical (unpaired) electrons. The van der Waals surface area contributed by atoms with Crippen molar-refractivity contribution in [3.8, 4) is 17.0 Å². The van der Waals surface area contributed by atoms with Gasteiger partial charge >= 0.3 is 0 Å². The van der Waals surface area contributed by atoms with Crippen LogP contribution in [0.2, 0.25) is 0 Å². The monoisotopic (exact) mass is 359 g/mol. The number of aromatic amines is 1. The fourth-order valence-electron chi connectivity index (χ4n) is 3.41. The van der Waals surface area contributed by atoms with Crippen LogP contribution in [0.4, 0.5) is 5.95 Å². The molecule has 0 saturated heterocycles. The number of guanidine groups is 1. The van der Waals surface area contributed by atoms with E-state index >= 15 is 0 Å². The quantitative estimate of drug-likeness (QED) is 0.521. The molecule has 2 aromatic carbocycles. The lowest BCUT2D eigenvalue weighted by atomic mass is 10.1. The molecule has 4 aromatic rings. The molecular weight excluding hydrogens is 342 g/mol. The van der Waals surface area contributed by atoms with Crippen LogP contribution in [0.3, 0.4) is 0 Å². The van der Waals surface area contributed by atoms with Gasteiger partial charge in [0.05, 0.1) is 30.0 Å². The molecule has 1 aliphatic rings. The number of aromatic nitrogens is 4. The summed E-state index contributed by atoms with van der Waals surface area (Å²) >= 11 is 0. The number of ether oxygens (including phenoxy) is 1.